The number of rotatable bonds is 2. The standard InChI is InChI=1S/C21H26F3N3O/c1-14-12-27(19(13-28-14)15-7-10-26(2)11-8-15)18-6-5-17(21(22,23)24)20-16(18)4-3-9-25-20/h3-6,9,14-15,19H,7-8,10-13H2,1-2H3/t14-,19?/m1/s1. The van der Waals surface area contributed by atoms with Crippen LogP contribution >= 0.6 is 0 Å². The summed E-state index contributed by atoms with van der Waals surface area (Å²) in [6, 6.07) is 6.42. The molecule has 1 unspecified atom stereocenters. The Labute approximate surface area is 163 Å². The monoisotopic (exact) mass is 393 g/mol. The first-order valence-electron chi connectivity index (χ1n) is 9.86. The second kappa shape index (κ2) is 7.52. The van der Waals surface area contributed by atoms with Crippen molar-refractivity contribution in [3.63, 3.8) is 0 Å². The summed E-state index contributed by atoms with van der Waals surface area (Å²) in [5.74, 6) is 0.470. The minimum atomic E-state index is -4.42. The van der Waals surface area contributed by atoms with E-state index in [0.29, 0.717) is 24.5 Å². The lowest BCUT2D eigenvalue weighted by atomic mass is 9.87. The second-order valence-corrected chi connectivity index (χ2v) is 8.03. The molecule has 2 saturated heterocycles. The molecule has 1 aromatic carbocycles. The number of piperidine rings is 1. The van der Waals surface area contributed by atoms with Gasteiger partial charge in [0.25, 0.3) is 0 Å². The molecule has 0 spiro atoms. The van der Waals surface area contributed by atoms with Crippen LogP contribution in [0.1, 0.15) is 25.3 Å². The number of pyridine rings is 1. The van der Waals surface area contributed by atoms with Gasteiger partial charge in [-0.2, -0.15) is 13.2 Å². The van der Waals surface area contributed by atoms with Crippen molar-refractivity contribution < 1.29 is 17.9 Å². The Kier molecular flexibility index (Phi) is 5.22. The van der Waals surface area contributed by atoms with Crippen LogP contribution in [0, 0.1) is 5.92 Å². The molecule has 0 saturated carbocycles. The van der Waals surface area contributed by atoms with E-state index in [1.807, 2.05) is 6.92 Å². The van der Waals surface area contributed by atoms with Crippen LogP contribution in [0.3, 0.4) is 0 Å². The highest BCUT2D eigenvalue weighted by atomic mass is 19.4. The van der Waals surface area contributed by atoms with Gasteiger partial charge in [0, 0.05) is 23.8 Å². The van der Waals surface area contributed by atoms with Gasteiger partial charge in [-0.3, -0.25) is 4.98 Å². The Hall–Kier alpha value is -1.86. The smallest absolute Gasteiger partial charge is 0.375 e. The number of benzene rings is 1. The van der Waals surface area contributed by atoms with Crippen LogP contribution in [0.15, 0.2) is 30.5 Å². The van der Waals surface area contributed by atoms with E-state index >= 15 is 0 Å². The number of halogens is 3. The Balaban J connectivity index is 1.76. The number of aromatic nitrogens is 1. The van der Waals surface area contributed by atoms with Crippen molar-refractivity contribution >= 4 is 16.6 Å². The van der Waals surface area contributed by atoms with Crippen molar-refractivity contribution in [1.29, 1.82) is 0 Å². The average Bonchev–Trinajstić information content (AvgIpc) is 2.67. The molecule has 4 nitrogen and oxygen atoms in total. The fraction of sp³-hybridized carbons (Fsp3) is 0.571. The average molecular weight is 393 g/mol. The van der Waals surface area contributed by atoms with E-state index in [4.69, 9.17) is 4.74 Å². The largest absolute Gasteiger partial charge is 0.418 e. The maximum atomic E-state index is 13.5. The molecule has 0 amide bonds. The summed E-state index contributed by atoms with van der Waals surface area (Å²) in [5, 5.41) is 0.560. The van der Waals surface area contributed by atoms with E-state index in [1.165, 1.54) is 12.3 Å². The number of anilines is 1. The minimum Gasteiger partial charge on any atom is -0.375 e. The van der Waals surface area contributed by atoms with E-state index < -0.39 is 11.7 Å². The summed E-state index contributed by atoms with van der Waals surface area (Å²) in [7, 11) is 2.13. The van der Waals surface area contributed by atoms with Crippen LogP contribution < -0.4 is 4.90 Å². The number of morpholine rings is 1. The highest BCUT2D eigenvalue weighted by Gasteiger charge is 2.37. The van der Waals surface area contributed by atoms with Gasteiger partial charge < -0.3 is 14.5 Å². The first kappa shape index (κ1) is 19.5. The molecule has 2 aliphatic rings. The van der Waals surface area contributed by atoms with E-state index in [9.17, 15) is 13.2 Å². The molecular formula is C21H26F3N3O. The molecule has 1 aromatic heterocycles. The quantitative estimate of drug-likeness (QED) is 0.765. The predicted molar refractivity (Wildman–Crippen MR) is 104 cm³/mol. The Bertz CT molecular complexity index is 833. The summed E-state index contributed by atoms with van der Waals surface area (Å²) in [5.41, 5.74) is 0.174. The van der Waals surface area contributed by atoms with E-state index in [2.05, 4.69) is 21.8 Å². The van der Waals surface area contributed by atoms with E-state index in [1.54, 1.807) is 18.2 Å². The van der Waals surface area contributed by atoms with E-state index in [0.717, 1.165) is 31.6 Å². The van der Waals surface area contributed by atoms with Crippen LogP contribution in [0.25, 0.3) is 10.9 Å². The summed E-state index contributed by atoms with van der Waals surface area (Å²) in [4.78, 5) is 8.68. The lowest BCUT2D eigenvalue weighted by Gasteiger charge is -2.46. The number of alkyl halides is 3. The van der Waals surface area contributed by atoms with Crippen LogP contribution in [0.2, 0.25) is 0 Å². The van der Waals surface area contributed by atoms with Gasteiger partial charge in [0.2, 0.25) is 0 Å². The highest BCUT2D eigenvalue weighted by molar-refractivity contribution is 5.94. The Morgan fingerprint density at radius 3 is 2.61 bits per heavy atom. The van der Waals surface area contributed by atoms with Crippen molar-refractivity contribution in [2.75, 3.05) is 38.2 Å². The molecule has 0 radical (unpaired) electrons. The van der Waals surface area contributed by atoms with Gasteiger partial charge in [-0.05, 0) is 70.1 Å². The van der Waals surface area contributed by atoms with Crippen molar-refractivity contribution in [2.24, 2.45) is 5.92 Å². The molecule has 152 valence electrons. The highest BCUT2D eigenvalue weighted by Crippen LogP contribution is 2.40. The molecule has 3 heterocycles. The molecule has 2 aliphatic heterocycles. The van der Waals surface area contributed by atoms with Crippen LogP contribution in [-0.2, 0) is 10.9 Å². The molecule has 4 rings (SSSR count). The third-order valence-corrected chi connectivity index (χ3v) is 6.07. The zero-order valence-corrected chi connectivity index (χ0v) is 16.2. The summed E-state index contributed by atoms with van der Waals surface area (Å²) < 4.78 is 46.4. The Morgan fingerprint density at radius 1 is 1.14 bits per heavy atom. The fourth-order valence-corrected chi connectivity index (χ4v) is 4.54. The van der Waals surface area contributed by atoms with Gasteiger partial charge in [0.15, 0.2) is 0 Å². The SMILES string of the molecule is C[C@@H]1CN(c2ccc(C(F)(F)F)c3ncccc23)C(C2CCN(C)CC2)CO1. The first-order valence-corrected chi connectivity index (χ1v) is 9.86. The van der Waals surface area contributed by atoms with E-state index in [-0.39, 0.29) is 17.7 Å². The molecule has 2 aromatic rings. The van der Waals surface area contributed by atoms with Gasteiger partial charge in [-0.1, -0.05) is 0 Å². The lowest BCUT2D eigenvalue weighted by molar-refractivity contribution is -0.136. The second-order valence-electron chi connectivity index (χ2n) is 8.03. The normalized spacial score (nSPS) is 25.4. The maximum Gasteiger partial charge on any atom is 0.418 e. The lowest BCUT2D eigenvalue weighted by Crippen LogP contribution is -2.54. The van der Waals surface area contributed by atoms with Crippen molar-refractivity contribution in [1.82, 2.24) is 9.88 Å². The van der Waals surface area contributed by atoms with Gasteiger partial charge in [0.1, 0.15) is 0 Å². The van der Waals surface area contributed by atoms with Gasteiger partial charge in [0.05, 0.1) is 29.8 Å². The molecule has 0 aliphatic carbocycles. The summed E-state index contributed by atoms with van der Waals surface area (Å²) >= 11 is 0. The molecule has 0 bridgehead atoms. The predicted octanol–water partition coefficient (Wildman–Crippen LogP) is 4.19. The van der Waals surface area contributed by atoms with Gasteiger partial charge >= 0.3 is 6.18 Å². The molecule has 0 N–H and O–H groups in total. The number of fused-ring (bicyclic) bond motifs is 1. The molecule has 28 heavy (non-hydrogen) atoms. The van der Waals surface area contributed by atoms with Crippen molar-refractivity contribution in [3.8, 4) is 0 Å². The molecule has 2 fully saturated rings. The zero-order chi connectivity index (χ0) is 19.9. The molecule has 2 atom stereocenters. The zero-order valence-electron chi connectivity index (χ0n) is 16.2. The number of nitrogens with zero attached hydrogens (tertiary/aromatic N) is 3. The molecular weight excluding hydrogens is 367 g/mol. The first-order chi connectivity index (χ1) is 13.3. The topological polar surface area (TPSA) is 28.6 Å². The van der Waals surface area contributed by atoms with Gasteiger partial charge in [-0.25, -0.2) is 0 Å². The van der Waals surface area contributed by atoms with Crippen molar-refractivity contribution in [2.45, 2.75) is 38.1 Å². The number of likely N-dealkylation sites (tertiary alicyclic amines) is 1. The van der Waals surface area contributed by atoms with Gasteiger partial charge in [-0.15, -0.1) is 0 Å². The maximum absolute atomic E-state index is 13.5. The van der Waals surface area contributed by atoms with Crippen molar-refractivity contribution in [3.05, 3.63) is 36.0 Å². The fourth-order valence-electron chi connectivity index (χ4n) is 4.54. The minimum absolute atomic E-state index is 0.0220. The number of ether oxygens (including phenoxy) is 1. The number of hydrogen-bond donors (Lipinski definition) is 0. The molecule has 7 heteroatoms. The third-order valence-electron chi connectivity index (χ3n) is 6.07. The van der Waals surface area contributed by atoms with Crippen LogP contribution in [0.5, 0.6) is 0 Å². The number of hydrogen-bond acceptors (Lipinski definition) is 4. The van der Waals surface area contributed by atoms with Crippen LogP contribution in [-0.4, -0.2) is 55.3 Å². The Morgan fingerprint density at radius 2 is 1.89 bits per heavy atom. The summed E-state index contributed by atoms with van der Waals surface area (Å²) in [6.45, 7) is 5.38. The summed E-state index contributed by atoms with van der Waals surface area (Å²) in [6.07, 6.45) is -0.802. The third kappa shape index (κ3) is 3.70. The van der Waals surface area contributed by atoms with Crippen LogP contribution in [0.4, 0.5) is 18.9 Å².